The van der Waals surface area contributed by atoms with Gasteiger partial charge in [0.2, 0.25) is 0 Å². The third kappa shape index (κ3) is 3.99. The molecule has 4 nitrogen and oxygen atoms in total. The molecular formula is C39H27N3O. The highest BCUT2D eigenvalue weighted by Gasteiger charge is 2.20. The van der Waals surface area contributed by atoms with E-state index in [9.17, 15) is 0 Å². The van der Waals surface area contributed by atoms with Gasteiger partial charge in [0.15, 0.2) is 0 Å². The van der Waals surface area contributed by atoms with Crippen LogP contribution in [0.25, 0.3) is 78.1 Å². The van der Waals surface area contributed by atoms with Crippen LogP contribution < -0.4 is 0 Å². The van der Waals surface area contributed by atoms with Crippen molar-refractivity contribution in [3.63, 3.8) is 0 Å². The number of benzene rings is 5. The molecule has 0 aliphatic rings. The fourth-order valence-electron chi connectivity index (χ4n) is 6.21. The number of rotatable bonds is 5. The van der Waals surface area contributed by atoms with Gasteiger partial charge in [0.1, 0.15) is 11.3 Å². The predicted octanol–water partition coefficient (Wildman–Crippen LogP) is 10.3. The standard InChI is InChI=1S/C39H27N3O/c1-3-4-17-29-25(2)43-35-23-22-34-36(37(29)35)30-18-11-12-19-33(30)42(34)28-20-21-31-32(24-28)41-39(27-15-9-6-10-16-27)38(40-31)26-13-7-5-8-14-26/h3-24H,1H2,2H3/b17-4-. The predicted molar refractivity (Wildman–Crippen MR) is 178 cm³/mol. The van der Waals surface area contributed by atoms with Crippen molar-refractivity contribution in [3.8, 4) is 28.2 Å². The van der Waals surface area contributed by atoms with Gasteiger partial charge in [-0.15, -0.1) is 0 Å². The molecule has 0 radical (unpaired) electrons. The van der Waals surface area contributed by atoms with Gasteiger partial charge in [-0.05, 0) is 43.3 Å². The van der Waals surface area contributed by atoms with E-state index in [2.05, 4.69) is 96.1 Å². The van der Waals surface area contributed by atoms with Gasteiger partial charge < -0.3 is 8.98 Å². The Morgan fingerprint density at radius 1 is 0.674 bits per heavy atom. The van der Waals surface area contributed by atoms with Crippen molar-refractivity contribution in [1.82, 2.24) is 14.5 Å². The van der Waals surface area contributed by atoms with E-state index in [1.807, 2.05) is 49.4 Å². The molecule has 0 unspecified atom stereocenters. The highest BCUT2D eigenvalue weighted by molar-refractivity contribution is 6.22. The Morgan fingerprint density at radius 3 is 2.07 bits per heavy atom. The zero-order chi connectivity index (χ0) is 28.9. The number of nitrogens with zero attached hydrogens (tertiary/aromatic N) is 3. The number of hydrogen-bond acceptors (Lipinski definition) is 3. The summed E-state index contributed by atoms with van der Waals surface area (Å²) in [7, 11) is 0. The van der Waals surface area contributed by atoms with Crippen LogP contribution in [0.1, 0.15) is 11.3 Å². The fraction of sp³-hybridized carbons (Fsp3) is 0.0256. The SMILES string of the molecule is C=C/C=C\c1c(C)oc2ccc3c(c4ccccc4n3-c3ccc4nc(-c5ccccc5)c(-c5ccccc5)nc4c3)c12. The van der Waals surface area contributed by atoms with Crippen molar-refractivity contribution in [3.05, 3.63) is 145 Å². The van der Waals surface area contributed by atoms with Crippen LogP contribution in [0.2, 0.25) is 0 Å². The van der Waals surface area contributed by atoms with Crippen molar-refractivity contribution in [2.24, 2.45) is 0 Å². The minimum Gasteiger partial charge on any atom is -0.461 e. The third-order valence-electron chi connectivity index (χ3n) is 8.11. The summed E-state index contributed by atoms with van der Waals surface area (Å²) < 4.78 is 8.54. The first-order valence-electron chi connectivity index (χ1n) is 14.4. The first kappa shape index (κ1) is 25.0. The summed E-state index contributed by atoms with van der Waals surface area (Å²) in [5.74, 6) is 0.890. The molecule has 4 heteroatoms. The van der Waals surface area contributed by atoms with Crippen LogP contribution in [0.4, 0.5) is 0 Å². The van der Waals surface area contributed by atoms with Crippen LogP contribution in [0.3, 0.4) is 0 Å². The Hall–Kier alpha value is -5.74. The molecule has 0 bridgehead atoms. The highest BCUT2D eigenvalue weighted by Crippen LogP contribution is 2.41. The van der Waals surface area contributed by atoms with Crippen molar-refractivity contribution in [1.29, 1.82) is 0 Å². The molecule has 3 heterocycles. The average Bonchev–Trinajstić information content (AvgIpc) is 3.57. The number of aromatic nitrogens is 3. The summed E-state index contributed by atoms with van der Waals surface area (Å²) in [4.78, 5) is 10.4. The second-order valence-electron chi connectivity index (χ2n) is 10.7. The van der Waals surface area contributed by atoms with Gasteiger partial charge in [0.05, 0.1) is 33.5 Å². The van der Waals surface area contributed by atoms with Gasteiger partial charge in [0, 0.05) is 38.5 Å². The summed E-state index contributed by atoms with van der Waals surface area (Å²) in [5.41, 5.74) is 10.7. The monoisotopic (exact) mass is 553 g/mol. The molecule has 0 spiro atoms. The maximum Gasteiger partial charge on any atom is 0.135 e. The van der Waals surface area contributed by atoms with Crippen molar-refractivity contribution >= 4 is 49.9 Å². The lowest BCUT2D eigenvalue weighted by Crippen LogP contribution is -1.98. The van der Waals surface area contributed by atoms with E-state index in [-0.39, 0.29) is 0 Å². The van der Waals surface area contributed by atoms with Gasteiger partial charge in [-0.3, -0.25) is 0 Å². The lowest BCUT2D eigenvalue weighted by molar-refractivity contribution is 0.577. The zero-order valence-electron chi connectivity index (χ0n) is 23.7. The maximum absolute atomic E-state index is 6.22. The molecule has 0 fully saturated rings. The number of hydrogen-bond donors (Lipinski definition) is 0. The van der Waals surface area contributed by atoms with E-state index in [0.717, 1.165) is 72.6 Å². The third-order valence-corrected chi connectivity index (χ3v) is 8.11. The Morgan fingerprint density at radius 2 is 1.35 bits per heavy atom. The molecule has 0 aliphatic heterocycles. The van der Waals surface area contributed by atoms with Gasteiger partial charge in [-0.25, -0.2) is 9.97 Å². The van der Waals surface area contributed by atoms with Crippen LogP contribution in [-0.4, -0.2) is 14.5 Å². The van der Waals surface area contributed by atoms with Crippen molar-refractivity contribution in [2.45, 2.75) is 6.92 Å². The van der Waals surface area contributed by atoms with Gasteiger partial charge in [0.25, 0.3) is 0 Å². The first-order valence-corrected chi connectivity index (χ1v) is 14.4. The molecule has 0 amide bonds. The second-order valence-corrected chi connectivity index (χ2v) is 10.7. The topological polar surface area (TPSA) is 43.9 Å². The summed E-state index contributed by atoms with van der Waals surface area (Å²) in [5, 5.41) is 3.46. The smallest absolute Gasteiger partial charge is 0.135 e. The first-order chi connectivity index (χ1) is 21.2. The number of furan rings is 1. The molecule has 0 saturated carbocycles. The van der Waals surface area contributed by atoms with Gasteiger partial charge in [-0.2, -0.15) is 0 Å². The van der Waals surface area contributed by atoms with E-state index < -0.39 is 0 Å². The van der Waals surface area contributed by atoms with E-state index in [1.54, 1.807) is 6.08 Å². The summed E-state index contributed by atoms with van der Waals surface area (Å²) >= 11 is 0. The lowest BCUT2D eigenvalue weighted by atomic mass is 10.0. The zero-order valence-corrected chi connectivity index (χ0v) is 23.7. The summed E-state index contributed by atoms with van der Waals surface area (Å²) in [6.07, 6.45) is 5.84. The molecule has 0 saturated heterocycles. The van der Waals surface area contributed by atoms with Gasteiger partial charge in [-0.1, -0.05) is 104 Å². The number of fused-ring (bicyclic) bond motifs is 6. The molecular weight excluding hydrogens is 526 g/mol. The highest BCUT2D eigenvalue weighted by atomic mass is 16.3. The Balaban J connectivity index is 1.41. The number of aryl methyl sites for hydroxylation is 1. The minimum absolute atomic E-state index is 0.844. The van der Waals surface area contributed by atoms with E-state index >= 15 is 0 Å². The van der Waals surface area contributed by atoms with Crippen LogP contribution >= 0.6 is 0 Å². The molecule has 43 heavy (non-hydrogen) atoms. The minimum atomic E-state index is 0.844. The average molecular weight is 554 g/mol. The number of allylic oxidation sites excluding steroid dienone is 2. The van der Waals surface area contributed by atoms with Crippen molar-refractivity contribution < 1.29 is 4.42 Å². The van der Waals surface area contributed by atoms with Crippen LogP contribution in [0, 0.1) is 6.92 Å². The largest absolute Gasteiger partial charge is 0.461 e. The van der Waals surface area contributed by atoms with Crippen LogP contribution in [-0.2, 0) is 0 Å². The van der Waals surface area contributed by atoms with E-state index in [4.69, 9.17) is 14.4 Å². The molecule has 3 aromatic heterocycles. The molecule has 204 valence electrons. The summed E-state index contributed by atoms with van der Waals surface area (Å²) in [6, 6.07) is 39.7. The quantitative estimate of drug-likeness (QED) is 0.199. The Labute approximate surface area is 248 Å². The van der Waals surface area contributed by atoms with E-state index in [1.165, 1.54) is 10.8 Å². The Bertz CT molecular complexity index is 2360. The molecule has 8 rings (SSSR count). The lowest BCUT2D eigenvalue weighted by Gasteiger charge is -2.13. The normalized spacial score (nSPS) is 11.8. The molecule has 0 aliphatic carbocycles. The Kier molecular flexibility index (Phi) is 5.80. The maximum atomic E-state index is 6.22. The molecule has 0 N–H and O–H groups in total. The van der Waals surface area contributed by atoms with Gasteiger partial charge >= 0.3 is 0 Å². The summed E-state index contributed by atoms with van der Waals surface area (Å²) in [6.45, 7) is 5.88. The van der Waals surface area contributed by atoms with Crippen LogP contribution in [0.15, 0.2) is 138 Å². The molecule has 0 atom stereocenters. The molecule has 5 aromatic carbocycles. The fourth-order valence-corrected chi connectivity index (χ4v) is 6.21. The second kappa shape index (κ2) is 9.97. The number of para-hydroxylation sites is 1. The molecule has 8 aromatic rings. The van der Waals surface area contributed by atoms with Crippen molar-refractivity contribution in [2.75, 3.05) is 0 Å². The van der Waals surface area contributed by atoms with Crippen LogP contribution in [0.5, 0.6) is 0 Å². The van der Waals surface area contributed by atoms with E-state index in [0.29, 0.717) is 0 Å².